The van der Waals surface area contributed by atoms with Gasteiger partial charge in [-0.15, -0.1) is 34.0 Å². The first-order chi connectivity index (χ1) is 46.3. The van der Waals surface area contributed by atoms with Crippen LogP contribution in [0.15, 0.2) is 124 Å². The summed E-state index contributed by atoms with van der Waals surface area (Å²) < 4.78 is 19.8. The number of aliphatic carboxylic acids is 1. The second kappa shape index (κ2) is 29.6. The van der Waals surface area contributed by atoms with Gasteiger partial charge in [0.25, 0.3) is 16.7 Å². The number of hydrogen-bond acceptors (Lipinski definition) is 16. The minimum absolute atomic E-state index is 0.213. The number of benzene rings is 3. The Morgan fingerprint density at radius 3 is 1.02 bits per heavy atom. The van der Waals surface area contributed by atoms with E-state index in [2.05, 4.69) is 15.9 Å². The number of thiophene rings is 3. The van der Waals surface area contributed by atoms with Crippen LogP contribution in [0.3, 0.4) is 0 Å². The van der Waals surface area contributed by atoms with Gasteiger partial charge in [0.2, 0.25) is 0 Å². The van der Waals surface area contributed by atoms with Crippen LogP contribution in [0.25, 0.3) is 30.6 Å². The normalized spacial score (nSPS) is 14.2. The molecule has 3 fully saturated rings. The zero-order valence-corrected chi connectivity index (χ0v) is 63.1. The van der Waals surface area contributed by atoms with Crippen LogP contribution in [-0.4, -0.2) is 78.8 Å². The Morgan fingerprint density at radius 1 is 0.465 bits per heavy atom. The van der Waals surface area contributed by atoms with Crippen molar-refractivity contribution < 1.29 is 39.0 Å². The SMILES string of the molecule is Cc1c(Br)sc2c1c(=O)n(C(C)(C)C(=O)OC(C)(C)C)c(=O)n2CCc1ccccc1.Cc1c(C2CC2)sc2c1c(=O)n(C(C)(C)C(=O)O)c(=O)n2CCc1ccccc1.Cc1c(C2CC2)sc2c1c(=O)n(C(C)(C)C(=O)OC(C)(C)C)c(=O)n2CCc1ccccc1.OB(O)C1CC1. The van der Waals surface area contributed by atoms with Crippen LogP contribution >= 0.6 is 49.9 Å². The maximum Gasteiger partial charge on any atom is 0.454 e. The van der Waals surface area contributed by atoms with E-state index in [1.54, 1.807) is 94.3 Å². The van der Waals surface area contributed by atoms with E-state index in [1.807, 2.05) is 112 Å². The first-order valence-corrected chi connectivity index (χ1v) is 36.8. The number of nitrogens with zero attached hydrogens (tertiary/aromatic N) is 6. The van der Waals surface area contributed by atoms with Crippen molar-refractivity contribution in [3.63, 3.8) is 0 Å². The van der Waals surface area contributed by atoms with Crippen molar-refractivity contribution in [1.29, 1.82) is 0 Å². The third kappa shape index (κ3) is 16.6. The van der Waals surface area contributed by atoms with E-state index in [9.17, 15) is 48.3 Å². The highest BCUT2D eigenvalue weighted by Gasteiger charge is 2.42. The molecule has 25 heteroatoms. The number of carbonyl (C=O) groups excluding carboxylic acids is 2. The van der Waals surface area contributed by atoms with Crippen molar-refractivity contribution >= 4 is 106 Å². The minimum Gasteiger partial charge on any atom is -0.480 e. The number of halogens is 1. The summed E-state index contributed by atoms with van der Waals surface area (Å²) >= 11 is 7.93. The highest BCUT2D eigenvalue weighted by atomic mass is 79.9. The molecule has 6 heterocycles. The van der Waals surface area contributed by atoms with E-state index in [1.165, 1.54) is 41.4 Å². The summed E-state index contributed by atoms with van der Waals surface area (Å²) in [6.45, 7) is 26.6. The smallest absolute Gasteiger partial charge is 0.454 e. The summed E-state index contributed by atoms with van der Waals surface area (Å²) in [5.74, 6) is -1.30. The molecule has 99 heavy (non-hydrogen) atoms. The fraction of sp³-hybridized carbons (Fsp3) is 0.473. The lowest BCUT2D eigenvalue weighted by Gasteiger charge is -2.30. The minimum atomic E-state index is -1.63. The van der Waals surface area contributed by atoms with E-state index in [0.717, 1.165) is 94.3 Å². The Labute approximate surface area is 595 Å². The molecule has 0 bridgehead atoms. The van der Waals surface area contributed by atoms with Crippen LogP contribution in [0.5, 0.6) is 0 Å². The Bertz CT molecular complexity index is 4890. The van der Waals surface area contributed by atoms with E-state index in [-0.39, 0.29) is 5.82 Å². The molecular weight excluding hydrogens is 1380 g/mol. The van der Waals surface area contributed by atoms with Crippen LogP contribution in [0.4, 0.5) is 0 Å². The molecule has 3 aromatic carbocycles. The van der Waals surface area contributed by atoms with Gasteiger partial charge in [-0.25, -0.2) is 42.5 Å². The largest absolute Gasteiger partial charge is 0.480 e. The first kappa shape index (κ1) is 75.7. The third-order valence-corrected chi connectivity index (χ3v) is 23.1. The van der Waals surface area contributed by atoms with Gasteiger partial charge in [0.1, 0.15) is 42.3 Å². The van der Waals surface area contributed by atoms with Crippen molar-refractivity contribution in [2.24, 2.45) is 0 Å². The number of carboxylic acids is 1. The van der Waals surface area contributed by atoms with Gasteiger partial charge in [-0.3, -0.25) is 28.1 Å². The quantitative estimate of drug-likeness (QED) is 0.0533. The molecule has 0 saturated heterocycles. The van der Waals surface area contributed by atoms with Gasteiger partial charge in [0, 0.05) is 29.4 Å². The molecule has 0 amide bonds. The van der Waals surface area contributed by atoms with Crippen molar-refractivity contribution in [3.05, 3.63) is 200 Å². The number of esters is 2. The first-order valence-electron chi connectivity index (χ1n) is 33.5. The Balaban J connectivity index is 0.000000166. The van der Waals surface area contributed by atoms with E-state index >= 15 is 0 Å². The maximum atomic E-state index is 13.8. The zero-order valence-electron chi connectivity index (χ0n) is 59.1. The molecule has 3 saturated carbocycles. The molecule has 0 atom stereocenters. The number of hydrogen-bond donors (Lipinski definition) is 3. The molecule has 0 aliphatic heterocycles. The predicted molar refractivity (Wildman–Crippen MR) is 398 cm³/mol. The molecular formula is C74H90BBrN6O14S3. The van der Waals surface area contributed by atoms with Gasteiger partial charge in [0.15, 0.2) is 0 Å². The van der Waals surface area contributed by atoms with Crippen molar-refractivity contribution in [2.45, 2.75) is 227 Å². The lowest BCUT2D eigenvalue weighted by molar-refractivity contribution is -0.165. The van der Waals surface area contributed by atoms with Crippen LogP contribution in [0.1, 0.15) is 177 Å². The molecule has 9 aromatic rings. The monoisotopic (exact) mass is 1470 g/mol. The zero-order chi connectivity index (χ0) is 72.8. The summed E-state index contributed by atoms with van der Waals surface area (Å²) in [4.78, 5) is 123. The number of ether oxygens (including phenoxy) is 2. The number of carbonyl (C=O) groups is 3. The second-order valence-electron chi connectivity index (χ2n) is 29.4. The average Bonchev–Trinajstić information content (AvgIpc) is 1.67. The van der Waals surface area contributed by atoms with Crippen LogP contribution < -0.4 is 33.7 Å². The summed E-state index contributed by atoms with van der Waals surface area (Å²) in [6, 6.07) is 29.6. The number of aromatic nitrogens is 6. The topological polar surface area (TPSA) is 262 Å². The Kier molecular flexibility index (Phi) is 22.6. The van der Waals surface area contributed by atoms with Crippen molar-refractivity contribution in [2.75, 3.05) is 0 Å². The number of fused-ring (bicyclic) bond motifs is 3. The Hall–Kier alpha value is -7.55. The van der Waals surface area contributed by atoms with Gasteiger partial charge >= 0.3 is 42.1 Å². The molecule has 0 radical (unpaired) electrons. The molecule has 3 N–H and O–H groups in total. The molecule has 3 aliphatic carbocycles. The highest BCUT2D eigenvalue weighted by Crippen LogP contribution is 2.48. The van der Waals surface area contributed by atoms with Gasteiger partial charge in [0.05, 0.1) is 19.9 Å². The van der Waals surface area contributed by atoms with E-state index in [4.69, 9.17) is 19.5 Å². The second-order valence-corrected chi connectivity index (χ2v) is 33.8. The molecule has 12 rings (SSSR count). The van der Waals surface area contributed by atoms with Crippen molar-refractivity contribution in [3.8, 4) is 0 Å². The van der Waals surface area contributed by atoms with Gasteiger partial charge < -0.3 is 24.6 Å². The molecule has 3 aliphatic rings. The average molecular weight is 1470 g/mol. The maximum absolute atomic E-state index is 13.8. The number of rotatable bonds is 18. The van der Waals surface area contributed by atoms with Gasteiger partial charge in [-0.1, -0.05) is 104 Å². The van der Waals surface area contributed by atoms with E-state index in [0.29, 0.717) is 81.4 Å². The lowest BCUT2D eigenvalue weighted by Crippen LogP contribution is -2.54. The fourth-order valence-corrected chi connectivity index (χ4v) is 16.4. The van der Waals surface area contributed by atoms with Crippen LogP contribution in [0, 0.1) is 20.8 Å². The molecule has 528 valence electrons. The summed E-state index contributed by atoms with van der Waals surface area (Å²) in [6.07, 6.45) is 8.30. The molecule has 6 aromatic heterocycles. The molecule has 0 unspecified atom stereocenters. The lowest BCUT2D eigenvalue weighted by atomic mass is 9.84. The number of carboxylic acid groups (broad SMARTS) is 1. The van der Waals surface area contributed by atoms with Crippen molar-refractivity contribution in [1.82, 2.24) is 27.4 Å². The van der Waals surface area contributed by atoms with Crippen LogP contribution in [-0.2, 0) is 79.4 Å². The predicted octanol–water partition coefficient (Wildman–Crippen LogP) is 12.4. The third-order valence-electron chi connectivity index (χ3n) is 18.0. The standard InChI is InChI=1S/C26H32N2O4S.C23H27BrN2O4S.C22H24N2O4S.C3H7BO2/c1-16-19-21(29)28(26(5,6)23(30)32-25(2,3)4)24(31)27(15-14-17-10-8-7-9-11-17)22(19)33-20(16)18-12-13-18;1-14-16-18(27)26(23(5,6)20(28)30-22(2,3)4)21(29)25(19(16)31-17(14)24)13-12-15-10-8-7-9-11-15;1-13-16-18(25)24(22(2,3)20(26)27)21(28)23(12-11-14-7-5-4-6-8-14)19(16)29-17(13)15-9-10-15;5-4(6)3-1-2-3/h7-11,18H,12-15H2,1-6H3;7-11H,12-13H2,1-6H3;4-8,15H,9-12H2,1-3H3,(H,26,27);3,5-6H,1-2H2. The summed E-state index contributed by atoms with van der Waals surface area (Å²) in [5, 5.41) is 27.7. The number of aryl methyl sites for hydroxylation is 9. The summed E-state index contributed by atoms with van der Waals surface area (Å²) in [5.41, 5.74) is -3.11. The summed E-state index contributed by atoms with van der Waals surface area (Å²) in [7, 11) is -1.04. The fourth-order valence-electron chi connectivity index (χ4n) is 11.7. The highest BCUT2D eigenvalue weighted by molar-refractivity contribution is 9.11. The molecule has 20 nitrogen and oxygen atoms in total. The Morgan fingerprint density at radius 2 is 0.758 bits per heavy atom. The molecule has 0 spiro atoms. The van der Waals surface area contributed by atoms with Crippen LogP contribution in [0.2, 0.25) is 5.82 Å². The van der Waals surface area contributed by atoms with E-state index < -0.39 is 86.6 Å². The van der Waals surface area contributed by atoms with Gasteiger partial charge in [-0.2, -0.15) is 0 Å². The van der Waals surface area contributed by atoms with Gasteiger partial charge in [-0.05, 0) is 216 Å².